The molecule has 0 spiro atoms. The van der Waals surface area contributed by atoms with Crippen LogP contribution in [0.3, 0.4) is 0 Å². The average Bonchev–Trinajstić information content (AvgIpc) is 2.46. The molecule has 1 aromatic carbocycles. The fraction of sp³-hybridized carbons (Fsp3) is 0.0769. The van der Waals surface area contributed by atoms with Gasteiger partial charge in [0, 0.05) is 18.1 Å². The number of hydrogen-bond donors (Lipinski definition) is 2. The van der Waals surface area contributed by atoms with Gasteiger partial charge in [-0.1, -0.05) is 6.07 Å². The molecule has 0 radical (unpaired) electrons. The highest BCUT2D eigenvalue weighted by Crippen LogP contribution is 2.23. The Labute approximate surface area is 121 Å². The summed E-state index contributed by atoms with van der Waals surface area (Å²) in [7, 11) is -2.62. The number of benzene rings is 1. The summed E-state index contributed by atoms with van der Waals surface area (Å²) in [6.07, 6.45) is 2.59. The van der Waals surface area contributed by atoms with Crippen molar-refractivity contribution < 1.29 is 17.9 Å². The lowest BCUT2D eigenvalue weighted by Gasteiger charge is -2.10. The molecule has 1 aromatic heterocycles. The maximum absolute atomic E-state index is 11.5. The van der Waals surface area contributed by atoms with Crippen LogP contribution in [0.15, 0.2) is 47.6 Å². The number of anilines is 2. The summed E-state index contributed by atoms with van der Waals surface area (Å²) < 4.78 is 27.6. The standard InChI is InChI=1S/C13H13N3O4S/c1-20-13(17)9-3-2-4-10(7-9)16-11-5-6-15-8-12(11)21(14,18)19/h2-8H,1H3,(H,15,16)(H2,14,18,19). The molecule has 0 unspecified atom stereocenters. The highest BCUT2D eigenvalue weighted by atomic mass is 32.2. The third-order valence-electron chi connectivity index (χ3n) is 2.65. The van der Waals surface area contributed by atoms with Gasteiger partial charge in [-0.15, -0.1) is 0 Å². The van der Waals surface area contributed by atoms with Crippen molar-refractivity contribution in [3.8, 4) is 0 Å². The van der Waals surface area contributed by atoms with Gasteiger partial charge in [0.1, 0.15) is 4.90 Å². The first kappa shape index (κ1) is 14.9. The molecule has 0 aliphatic rings. The molecule has 2 rings (SSSR count). The second-order valence-electron chi connectivity index (χ2n) is 4.11. The van der Waals surface area contributed by atoms with E-state index in [4.69, 9.17) is 5.14 Å². The molecule has 0 aliphatic carbocycles. The van der Waals surface area contributed by atoms with E-state index >= 15 is 0 Å². The Hall–Kier alpha value is -2.45. The van der Waals surface area contributed by atoms with E-state index in [1.54, 1.807) is 24.3 Å². The van der Waals surface area contributed by atoms with Crippen LogP contribution in [-0.2, 0) is 14.8 Å². The van der Waals surface area contributed by atoms with Gasteiger partial charge in [-0.3, -0.25) is 4.98 Å². The van der Waals surface area contributed by atoms with E-state index in [-0.39, 0.29) is 10.6 Å². The summed E-state index contributed by atoms with van der Waals surface area (Å²) in [5.74, 6) is -0.486. The second kappa shape index (κ2) is 5.90. The Morgan fingerprint density at radius 3 is 2.76 bits per heavy atom. The van der Waals surface area contributed by atoms with Crippen LogP contribution in [0.2, 0.25) is 0 Å². The Bertz CT molecular complexity index is 774. The Kier molecular flexibility index (Phi) is 4.20. The molecule has 0 aliphatic heterocycles. The van der Waals surface area contributed by atoms with Crippen LogP contribution >= 0.6 is 0 Å². The number of methoxy groups -OCH3 is 1. The van der Waals surface area contributed by atoms with E-state index in [0.717, 1.165) is 6.20 Å². The van der Waals surface area contributed by atoms with E-state index in [1.165, 1.54) is 19.4 Å². The molecule has 3 N–H and O–H groups in total. The third-order valence-corrected chi connectivity index (χ3v) is 3.59. The molecular weight excluding hydrogens is 294 g/mol. The van der Waals surface area contributed by atoms with Gasteiger partial charge in [0.05, 0.1) is 18.4 Å². The van der Waals surface area contributed by atoms with Crippen molar-refractivity contribution in [1.82, 2.24) is 4.98 Å². The molecule has 0 amide bonds. The number of nitrogens with two attached hydrogens (primary N) is 1. The summed E-state index contributed by atoms with van der Waals surface area (Å²) >= 11 is 0. The Morgan fingerprint density at radius 1 is 1.33 bits per heavy atom. The quantitative estimate of drug-likeness (QED) is 0.822. The molecule has 0 saturated carbocycles. The molecule has 7 nitrogen and oxygen atoms in total. The number of aromatic nitrogens is 1. The van der Waals surface area contributed by atoms with Crippen LogP contribution in [0.4, 0.5) is 11.4 Å². The van der Waals surface area contributed by atoms with Gasteiger partial charge in [0.25, 0.3) is 0 Å². The minimum absolute atomic E-state index is 0.131. The maximum Gasteiger partial charge on any atom is 0.337 e. The van der Waals surface area contributed by atoms with Gasteiger partial charge in [0.15, 0.2) is 0 Å². The summed E-state index contributed by atoms with van der Waals surface area (Å²) in [5, 5.41) is 8.02. The van der Waals surface area contributed by atoms with Crippen LogP contribution in [0, 0.1) is 0 Å². The number of esters is 1. The Balaban J connectivity index is 2.38. The maximum atomic E-state index is 11.5. The van der Waals surface area contributed by atoms with E-state index in [1.807, 2.05) is 0 Å². The molecule has 2 aromatic rings. The lowest BCUT2D eigenvalue weighted by Crippen LogP contribution is -2.14. The van der Waals surface area contributed by atoms with Gasteiger partial charge < -0.3 is 10.1 Å². The lowest BCUT2D eigenvalue weighted by molar-refractivity contribution is 0.0601. The number of nitrogens with one attached hydrogen (secondary N) is 1. The summed E-state index contributed by atoms with van der Waals surface area (Å²) in [4.78, 5) is 15.1. The number of nitrogens with zero attached hydrogens (tertiary/aromatic N) is 1. The zero-order valence-corrected chi connectivity index (χ0v) is 11.9. The van der Waals surface area contributed by atoms with Crippen molar-refractivity contribution >= 4 is 27.4 Å². The first-order valence-corrected chi connectivity index (χ1v) is 7.38. The zero-order valence-electron chi connectivity index (χ0n) is 11.1. The fourth-order valence-electron chi connectivity index (χ4n) is 1.71. The van der Waals surface area contributed by atoms with Gasteiger partial charge in [-0.25, -0.2) is 18.4 Å². The summed E-state index contributed by atoms with van der Waals surface area (Å²) in [6.45, 7) is 0. The highest BCUT2D eigenvalue weighted by Gasteiger charge is 2.14. The van der Waals surface area contributed by atoms with Gasteiger partial charge in [0.2, 0.25) is 10.0 Å². The van der Waals surface area contributed by atoms with Crippen molar-refractivity contribution in [2.75, 3.05) is 12.4 Å². The molecule has 0 fully saturated rings. The largest absolute Gasteiger partial charge is 0.465 e. The predicted octanol–water partition coefficient (Wildman–Crippen LogP) is 1.26. The number of hydrogen-bond acceptors (Lipinski definition) is 6. The number of carbonyl (C=O) groups excluding carboxylic acids is 1. The number of rotatable bonds is 4. The topological polar surface area (TPSA) is 111 Å². The Morgan fingerprint density at radius 2 is 2.10 bits per heavy atom. The molecule has 110 valence electrons. The smallest absolute Gasteiger partial charge is 0.337 e. The number of pyridine rings is 1. The predicted molar refractivity (Wildman–Crippen MR) is 76.7 cm³/mol. The summed E-state index contributed by atoms with van der Waals surface area (Å²) in [6, 6.07) is 7.93. The number of primary sulfonamides is 1. The molecule has 0 atom stereocenters. The minimum Gasteiger partial charge on any atom is -0.465 e. The number of sulfonamides is 1. The third kappa shape index (κ3) is 3.56. The van der Waals surface area contributed by atoms with Crippen molar-refractivity contribution in [3.05, 3.63) is 48.3 Å². The monoisotopic (exact) mass is 307 g/mol. The average molecular weight is 307 g/mol. The number of ether oxygens (including phenoxy) is 1. The lowest BCUT2D eigenvalue weighted by atomic mass is 10.2. The van der Waals surface area contributed by atoms with Crippen LogP contribution in [0.5, 0.6) is 0 Å². The van der Waals surface area contributed by atoms with Crippen molar-refractivity contribution in [2.45, 2.75) is 4.90 Å². The van der Waals surface area contributed by atoms with Gasteiger partial charge in [-0.05, 0) is 24.3 Å². The number of carbonyl (C=O) groups is 1. The first-order chi connectivity index (χ1) is 9.91. The van der Waals surface area contributed by atoms with Crippen LogP contribution in [0.1, 0.15) is 10.4 Å². The minimum atomic E-state index is -3.90. The fourth-order valence-corrected chi connectivity index (χ4v) is 2.34. The van der Waals surface area contributed by atoms with Gasteiger partial charge >= 0.3 is 5.97 Å². The van der Waals surface area contributed by atoms with Crippen molar-refractivity contribution in [3.63, 3.8) is 0 Å². The first-order valence-electron chi connectivity index (χ1n) is 5.84. The van der Waals surface area contributed by atoms with Gasteiger partial charge in [-0.2, -0.15) is 0 Å². The molecule has 21 heavy (non-hydrogen) atoms. The zero-order chi connectivity index (χ0) is 15.5. The normalized spacial score (nSPS) is 11.0. The molecule has 1 heterocycles. The molecular formula is C13H13N3O4S. The second-order valence-corrected chi connectivity index (χ2v) is 5.64. The molecule has 0 bridgehead atoms. The molecule has 8 heteroatoms. The van der Waals surface area contributed by atoms with Crippen molar-refractivity contribution in [1.29, 1.82) is 0 Å². The summed E-state index contributed by atoms with van der Waals surface area (Å²) in [5.41, 5.74) is 1.14. The van der Waals surface area contributed by atoms with E-state index in [2.05, 4.69) is 15.0 Å². The van der Waals surface area contributed by atoms with E-state index in [0.29, 0.717) is 11.3 Å². The SMILES string of the molecule is COC(=O)c1cccc(Nc2ccncc2S(N)(=O)=O)c1. The van der Waals surface area contributed by atoms with Crippen molar-refractivity contribution in [2.24, 2.45) is 5.14 Å². The highest BCUT2D eigenvalue weighted by molar-refractivity contribution is 7.89. The van der Waals surface area contributed by atoms with E-state index < -0.39 is 16.0 Å². The van der Waals surface area contributed by atoms with Crippen LogP contribution in [0.25, 0.3) is 0 Å². The molecule has 0 saturated heterocycles. The van der Waals surface area contributed by atoms with E-state index in [9.17, 15) is 13.2 Å². The van der Waals surface area contributed by atoms with Crippen LogP contribution < -0.4 is 10.5 Å². The van der Waals surface area contributed by atoms with Crippen LogP contribution in [-0.4, -0.2) is 26.5 Å².